The second-order valence-corrected chi connectivity index (χ2v) is 9.72. The first-order valence-corrected chi connectivity index (χ1v) is 11.8. The summed E-state index contributed by atoms with van der Waals surface area (Å²) in [7, 11) is 0. The number of pyridine rings is 1. The van der Waals surface area contributed by atoms with Crippen molar-refractivity contribution in [3.63, 3.8) is 0 Å². The summed E-state index contributed by atoms with van der Waals surface area (Å²) < 4.78 is 15.9. The van der Waals surface area contributed by atoms with Gasteiger partial charge in [0.25, 0.3) is 5.91 Å². The average Bonchev–Trinajstić information content (AvgIpc) is 3.25. The lowest BCUT2D eigenvalue weighted by Crippen LogP contribution is -2.43. The number of nitrogens with one attached hydrogen (secondary N) is 3. The molecule has 12 heteroatoms. The van der Waals surface area contributed by atoms with Crippen LogP contribution in [0, 0.1) is 17.2 Å². The van der Waals surface area contributed by atoms with Gasteiger partial charge >= 0.3 is 6.09 Å². The van der Waals surface area contributed by atoms with Crippen LogP contribution in [-0.4, -0.2) is 67.7 Å². The number of hydrogen-bond donors (Lipinski definition) is 5. The summed E-state index contributed by atoms with van der Waals surface area (Å²) in [6.45, 7) is 2.64. The van der Waals surface area contributed by atoms with Gasteiger partial charge in [-0.1, -0.05) is 0 Å². The van der Waals surface area contributed by atoms with Crippen LogP contribution in [0.3, 0.4) is 0 Å². The third-order valence-electron chi connectivity index (χ3n) is 6.39. The first-order valence-electron chi connectivity index (χ1n) is 11.8. The number of anilines is 1. The van der Waals surface area contributed by atoms with Gasteiger partial charge in [0.05, 0.1) is 52.1 Å². The number of carbonyl (C=O) groups excluding carboxylic acids is 1. The molecule has 4 rings (SSSR count). The van der Waals surface area contributed by atoms with Gasteiger partial charge in [0.1, 0.15) is 12.2 Å². The fourth-order valence-corrected chi connectivity index (χ4v) is 4.15. The molecule has 3 aromatic rings. The molecule has 0 aliphatic heterocycles. The molecule has 0 aromatic carbocycles. The molecule has 3 aromatic heterocycles. The van der Waals surface area contributed by atoms with Gasteiger partial charge in [0.2, 0.25) is 0 Å². The molecule has 1 aliphatic carbocycles. The van der Waals surface area contributed by atoms with E-state index in [2.05, 4.69) is 32.1 Å². The minimum Gasteiger partial charge on any atom is -0.465 e. The van der Waals surface area contributed by atoms with Gasteiger partial charge in [-0.15, -0.1) is 0 Å². The van der Waals surface area contributed by atoms with Crippen molar-refractivity contribution in [1.29, 1.82) is 5.26 Å². The number of halogens is 1. The van der Waals surface area contributed by atoms with Crippen molar-refractivity contribution in [1.82, 2.24) is 25.2 Å². The average molecular weight is 510 g/mol. The number of aromatic nitrogens is 3. The molecule has 2 amide bonds. The van der Waals surface area contributed by atoms with Crippen molar-refractivity contribution in [2.45, 2.75) is 44.5 Å². The number of nitriles is 1. The number of rotatable bonds is 9. The Morgan fingerprint density at radius 1 is 1.27 bits per heavy atom. The molecule has 0 unspecified atom stereocenters. The first-order chi connectivity index (χ1) is 17.5. The zero-order valence-corrected chi connectivity index (χ0v) is 20.4. The van der Waals surface area contributed by atoms with Crippen molar-refractivity contribution >= 4 is 23.2 Å². The molecule has 3 heterocycles. The van der Waals surface area contributed by atoms with Gasteiger partial charge in [0, 0.05) is 18.8 Å². The number of fused-ring (bicyclic) bond motifs is 1. The van der Waals surface area contributed by atoms with E-state index in [0.29, 0.717) is 47.5 Å². The van der Waals surface area contributed by atoms with Crippen LogP contribution >= 0.6 is 0 Å². The van der Waals surface area contributed by atoms with Gasteiger partial charge in [-0.2, -0.15) is 10.4 Å². The van der Waals surface area contributed by atoms with E-state index in [0.717, 1.165) is 0 Å². The predicted octanol–water partition coefficient (Wildman–Crippen LogP) is 2.56. The van der Waals surface area contributed by atoms with Crippen molar-refractivity contribution < 1.29 is 24.2 Å². The highest BCUT2D eigenvalue weighted by Crippen LogP contribution is 2.32. The van der Waals surface area contributed by atoms with Crippen molar-refractivity contribution in [2.75, 3.05) is 18.4 Å². The molecular formula is C25H28FN7O4. The summed E-state index contributed by atoms with van der Waals surface area (Å²) in [4.78, 5) is 28.1. The molecule has 37 heavy (non-hydrogen) atoms. The lowest BCUT2D eigenvalue weighted by molar-refractivity contribution is -0.00177. The Labute approximate surface area is 212 Å². The normalized spacial score (nSPS) is 17.9. The third-order valence-corrected chi connectivity index (χ3v) is 6.39. The molecule has 1 saturated carbocycles. The fourth-order valence-electron chi connectivity index (χ4n) is 4.15. The standard InChI is InChI=1S/C25H28FN7O4/c1-25(2,37)22(26)13-29-23(34)18-12-28-20(21-4-3-17-7-15(9-27)11-31-33(17)21)8-19(18)32-16-5-14(6-16)10-30-24(35)36/h3-4,7-8,11-12,14,16,22,30,37H,5-6,10,13H2,1-2H3,(H,28,32)(H,29,34)(H,35,36)/t14-,16-,22-/m1/s1. The molecule has 0 spiro atoms. The molecule has 194 valence electrons. The SMILES string of the molecule is CC(C)(O)[C@H](F)CNC(=O)c1cnc(-c2ccc3cc(C#N)cnn23)cc1N[C@H]1C[C@H](CNC(=O)O)C1. The number of amides is 2. The fraction of sp³-hybridized carbons (Fsp3) is 0.400. The minimum atomic E-state index is -1.66. The first kappa shape index (κ1) is 25.8. The second-order valence-electron chi connectivity index (χ2n) is 9.72. The molecular weight excluding hydrogens is 481 g/mol. The Bertz CT molecular complexity index is 1360. The number of carboxylic acid groups (broad SMARTS) is 1. The summed E-state index contributed by atoms with van der Waals surface area (Å²) in [6, 6.07) is 9.09. The van der Waals surface area contributed by atoms with Crippen LogP contribution in [0.4, 0.5) is 14.9 Å². The van der Waals surface area contributed by atoms with Crippen LogP contribution in [0.15, 0.2) is 36.7 Å². The predicted molar refractivity (Wildman–Crippen MR) is 133 cm³/mol. The maximum atomic E-state index is 14.2. The van der Waals surface area contributed by atoms with E-state index in [1.807, 2.05) is 12.1 Å². The maximum absolute atomic E-state index is 14.2. The second kappa shape index (κ2) is 10.4. The van der Waals surface area contributed by atoms with Crippen LogP contribution in [0.1, 0.15) is 42.6 Å². The maximum Gasteiger partial charge on any atom is 0.404 e. The van der Waals surface area contributed by atoms with Crippen molar-refractivity contribution in [3.05, 3.63) is 47.8 Å². The Balaban J connectivity index is 1.58. The summed E-state index contributed by atoms with van der Waals surface area (Å²) in [6.07, 6.45) is 1.53. The highest BCUT2D eigenvalue weighted by molar-refractivity contribution is 6.00. The Hall–Kier alpha value is -4.24. The Morgan fingerprint density at radius 2 is 2.03 bits per heavy atom. The smallest absolute Gasteiger partial charge is 0.404 e. The topological polar surface area (TPSA) is 165 Å². The number of hydrogen-bond acceptors (Lipinski definition) is 7. The van der Waals surface area contributed by atoms with E-state index < -0.39 is 23.8 Å². The van der Waals surface area contributed by atoms with Gasteiger partial charge in [-0.25, -0.2) is 13.7 Å². The summed E-state index contributed by atoms with van der Waals surface area (Å²) in [5.74, 6) is -0.368. The Kier molecular flexibility index (Phi) is 7.26. The molecule has 1 atom stereocenters. The van der Waals surface area contributed by atoms with Crippen molar-refractivity contribution in [2.24, 2.45) is 5.92 Å². The van der Waals surface area contributed by atoms with Gasteiger partial charge in [-0.3, -0.25) is 9.78 Å². The zero-order valence-electron chi connectivity index (χ0n) is 20.4. The highest BCUT2D eigenvalue weighted by atomic mass is 19.1. The molecule has 0 saturated heterocycles. The van der Waals surface area contributed by atoms with E-state index in [1.165, 1.54) is 26.2 Å². The largest absolute Gasteiger partial charge is 0.465 e. The van der Waals surface area contributed by atoms with Gasteiger partial charge < -0.3 is 26.2 Å². The van der Waals surface area contributed by atoms with Crippen molar-refractivity contribution in [3.8, 4) is 17.5 Å². The van der Waals surface area contributed by atoms with Crippen LogP contribution in [0.25, 0.3) is 16.9 Å². The number of carbonyl (C=O) groups is 2. The number of nitrogens with zero attached hydrogens (tertiary/aromatic N) is 4. The van der Waals surface area contributed by atoms with E-state index in [1.54, 1.807) is 16.6 Å². The summed E-state index contributed by atoms with van der Waals surface area (Å²) >= 11 is 0. The quantitative estimate of drug-likeness (QED) is 0.294. The Morgan fingerprint density at radius 3 is 2.70 bits per heavy atom. The van der Waals surface area contributed by atoms with E-state index in [4.69, 9.17) is 10.4 Å². The molecule has 1 fully saturated rings. The highest BCUT2D eigenvalue weighted by Gasteiger charge is 2.31. The molecule has 5 N–H and O–H groups in total. The van der Waals surface area contributed by atoms with Crippen LogP contribution in [-0.2, 0) is 0 Å². The van der Waals surface area contributed by atoms with Crippen LogP contribution < -0.4 is 16.0 Å². The summed E-state index contributed by atoms with van der Waals surface area (Å²) in [5.41, 5.74) is 1.40. The van der Waals surface area contributed by atoms with E-state index in [9.17, 15) is 19.1 Å². The lowest BCUT2D eigenvalue weighted by atomic mass is 9.80. The van der Waals surface area contributed by atoms with Crippen LogP contribution in [0.5, 0.6) is 0 Å². The third kappa shape index (κ3) is 5.95. The van der Waals surface area contributed by atoms with Gasteiger partial charge in [-0.05, 0) is 56.9 Å². The van der Waals surface area contributed by atoms with Gasteiger partial charge in [0.15, 0.2) is 0 Å². The molecule has 0 radical (unpaired) electrons. The zero-order chi connectivity index (χ0) is 26.7. The summed E-state index contributed by atoms with van der Waals surface area (Å²) in [5, 5.41) is 40.3. The number of alkyl halides is 1. The minimum absolute atomic E-state index is 0.00747. The molecule has 0 bridgehead atoms. The number of aliphatic hydroxyl groups is 1. The molecule has 11 nitrogen and oxygen atoms in total. The van der Waals surface area contributed by atoms with Crippen LogP contribution in [0.2, 0.25) is 0 Å². The monoisotopic (exact) mass is 509 g/mol. The van der Waals surface area contributed by atoms with E-state index >= 15 is 0 Å². The lowest BCUT2D eigenvalue weighted by Gasteiger charge is -2.36. The molecule has 1 aliphatic rings. The van der Waals surface area contributed by atoms with E-state index in [-0.39, 0.29) is 24.1 Å².